The molecular weight excluding hydrogens is 873 g/mol. The van der Waals surface area contributed by atoms with Crippen molar-refractivity contribution in [2.75, 3.05) is 23.0 Å². The Balaban J connectivity index is 1.16. The topological polar surface area (TPSA) is 121 Å². The summed E-state index contributed by atoms with van der Waals surface area (Å²) in [6.07, 6.45) is 1.49. The second-order valence-corrected chi connectivity index (χ2v) is 21.9. The summed E-state index contributed by atoms with van der Waals surface area (Å²) in [4.78, 5) is 0. The fourth-order valence-corrected chi connectivity index (χ4v) is 13.1. The highest BCUT2D eigenvalue weighted by Crippen LogP contribution is 2.39. The van der Waals surface area contributed by atoms with Gasteiger partial charge in [-0.3, -0.25) is 0 Å². The van der Waals surface area contributed by atoms with E-state index in [-0.39, 0.29) is 34.5 Å². The van der Waals surface area contributed by atoms with Gasteiger partial charge < -0.3 is 30.6 Å². The molecule has 10 heteroatoms. The Morgan fingerprint density at radius 1 is 0.250 bits per heavy atom. The number of rotatable bonds is 0. The smallest absolute Gasteiger partial charge is 0.123 e. The van der Waals surface area contributed by atoms with Crippen LogP contribution in [-0.4, -0.2) is 53.7 Å². The van der Waals surface area contributed by atoms with Gasteiger partial charge in [0.2, 0.25) is 0 Å². The lowest BCUT2D eigenvalue weighted by Gasteiger charge is -2.17. The average molecular weight is 933 g/mol. The highest BCUT2D eigenvalue weighted by Gasteiger charge is 2.20. The first-order chi connectivity index (χ1) is 30.6. The summed E-state index contributed by atoms with van der Waals surface area (Å²) in [5.41, 5.74) is 15.7. The van der Waals surface area contributed by atoms with Gasteiger partial charge in [-0.25, -0.2) is 0 Å². The summed E-state index contributed by atoms with van der Waals surface area (Å²) in [5.74, 6) is 7.41. The van der Waals surface area contributed by atoms with Gasteiger partial charge in [-0.05, 0) is 86.1 Å². The first-order valence-electron chi connectivity index (χ1n) is 21.8. The Morgan fingerprint density at radius 3 is 0.562 bits per heavy atom. The number of phenols is 6. The lowest BCUT2D eigenvalue weighted by molar-refractivity contribution is 0.453. The van der Waals surface area contributed by atoms with E-state index in [0.717, 1.165) is 123 Å². The van der Waals surface area contributed by atoms with Gasteiger partial charge in [-0.1, -0.05) is 106 Å². The monoisotopic (exact) mass is 932 g/mol. The maximum atomic E-state index is 11.7. The van der Waals surface area contributed by atoms with Gasteiger partial charge in [0.1, 0.15) is 34.5 Å². The molecule has 1 aliphatic rings. The molecule has 64 heavy (non-hydrogen) atoms. The minimum Gasteiger partial charge on any atom is -0.507 e. The van der Waals surface area contributed by atoms with Crippen molar-refractivity contribution in [2.24, 2.45) is 0 Å². The molecular formula is C54H60O6S4. The van der Waals surface area contributed by atoms with Gasteiger partial charge in [-0.15, -0.1) is 0 Å². The molecule has 7 rings (SSSR count). The van der Waals surface area contributed by atoms with Crippen LogP contribution in [0.1, 0.15) is 100 Å². The van der Waals surface area contributed by atoms with E-state index in [2.05, 4.69) is 0 Å². The molecule has 0 saturated heterocycles. The van der Waals surface area contributed by atoms with E-state index in [4.69, 9.17) is 0 Å². The third-order valence-corrected chi connectivity index (χ3v) is 16.3. The minimum absolute atomic E-state index is 0.186. The number of phenolic OH excluding ortho intramolecular Hbond substituents is 6. The van der Waals surface area contributed by atoms with Crippen LogP contribution in [0.3, 0.4) is 0 Å². The second kappa shape index (κ2) is 21.2. The van der Waals surface area contributed by atoms with Gasteiger partial charge >= 0.3 is 0 Å². The molecule has 0 amide bonds. The van der Waals surface area contributed by atoms with Crippen LogP contribution >= 0.6 is 47.0 Å². The Hall–Kier alpha value is -4.48. The number of benzene rings is 6. The number of aromatic hydroxyl groups is 6. The maximum absolute atomic E-state index is 11.7. The molecule has 0 aromatic heterocycles. The summed E-state index contributed by atoms with van der Waals surface area (Å²) in [5, 5.41) is 69.5. The maximum Gasteiger partial charge on any atom is 0.123 e. The molecule has 0 fully saturated rings. The fraction of sp³-hybridized carbons (Fsp3) is 0.333. The number of hydrogen-bond donors (Lipinski definition) is 6. The van der Waals surface area contributed by atoms with Crippen LogP contribution in [-0.2, 0) is 48.7 Å². The molecule has 1 heterocycles. The fourth-order valence-electron chi connectivity index (χ4n) is 8.91. The quantitative estimate of drug-likeness (QED) is 0.0878. The van der Waals surface area contributed by atoms with Crippen LogP contribution in [0.4, 0.5) is 0 Å². The molecule has 0 atom stereocenters. The molecule has 6 aromatic carbocycles. The number of fused-ring (bicyclic) bond motifs is 12. The Morgan fingerprint density at radius 2 is 0.391 bits per heavy atom. The number of thioether (sulfide) groups is 4. The van der Waals surface area contributed by atoms with Crippen LogP contribution in [0.25, 0.3) is 0 Å². The van der Waals surface area contributed by atoms with E-state index in [1.165, 1.54) is 0 Å². The van der Waals surface area contributed by atoms with E-state index < -0.39 is 0 Å². The predicted octanol–water partition coefficient (Wildman–Crippen LogP) is 12.8. The zero-order valence-electron chi connectivity index (χ0n) is 37.7. The average Bonchev–Trinajstić information content (AvgIpc) is 3.23. The van der Waals surface area contributed by atoms with Crippen molar-refractivity contribution in [1.82, 2.24) is 0 Å². The van der Waals surface area contributed by atoms with E-state index in [0.29, 0.717) is 48.7 Å². The first-order valence-corrected chi connectivity index (χ1v) is 26.4. The van der Waals surface area contributed by atoms with Crippen molar-refractivity contribution in [1.29, 1.82) is 0 Å². The normalized spacial score (nSPS) is 14.7. The summed E-state index contributed by atoms with van der Waals surface area (Å²) in [6, 6.07) is 24.0. The van der Waals surface area contributed by atoms with Crippen molar-refractivity contribution in [3.05, 3.63) is 173 Å². The molecule has 1 aliphatic heterocycles. The van der Waals surface area contributed by atoms with Crippen molar-refractivity contribution in [3.8, 4) is 34.5 Å². The van der Waals surface area contributed by atoms with Crippen molar-refractivity contribution in [3.63, 3.8) is 0 Å². The Labute approximate surface area is 396 Å². The molecule has 6 nitrogen and oxygen atoms in total. The van der Waals surface area contributed by atoms with Crippen LogP contribution in [0, 0.1) is 41.5 Å². The molecule has 336 valence electrons. The summed E-state index contributed by atoms with van der Waals surface area (Å²) < 4.78 is 0. The SMILES string of the molecule is Cc1cc2c(O)c(c1)Cc1cc(C)cc(c1O)Cc1cc(C)cc(c1O)CSCCSCc1cc(C)cc(c1O)Cc1cc(C)cc(c1O)Cc1cc(C)cc(c1O)CSCCSC2. The zero-order chi connectivity index (χ0) is 45.7. The Bertz CT molecular complexity index is 2320. The summed E-state index contributed by atoms with van der Waals surface area (Å²) >= 11 is 7.03. The lowest BCUT2D eigenvalue weighted by atomic mass is 9.92. The minimum atomic E-state index is 0.186. The Kier molecular flexibility index (Phi) is 15.7. The molecule has 6 N–H and O–H groups in total. The molecule has 12 bridgehead atoms. The van der Waals surface area contributed by atoms with Crippen molar-refractivity contribution < 1.29 is 30.6 Å². The molecule has 0 saturated carbocycles. The molecule has 0 aliphatic carbocycles. The highest BCUT2D eigenvalue weighted by molar-refractivity contribution is 8.02. The first kappa shape index (κ1) is 47.5. The van der Waals surface area contributed by atoms with Crippen LogP contribution in [0.5, 0.6) is 34.5 Å². The predicted molar refractivity (Wildman–Crippen MR) is 273 cm³/mol. The van der Waals surface area contributed by atoms with Crippen molar-refractivity contribution in [2.45, 2.75) is 90.2 Å². The van der Waals surface area contributed by atoms with Gasteiger partial charge in [-0.2, -0.15) is 47.0 Å². The third kappa shape index (κ3) is 11.7. The standard InChI is InChI=1S/C54H60O6S4/c1-31-11-37-23-41-15-33(3)19-45(51(41)57)27-61-7-9-63-29-47-21-35(5)17-43(53(47)59)25-39-13-32(2)14-40(50(39)56)26-44-18-36(6)22-48(54(44)60)30-64-10-8-62-28-46-20-34(4)16-42(52(46)58)24-38(12-31)49(37)55/h11-22,55-60H,7-10,23-30H2,1-6H3. The largest absolute Gasteiger partial charge is 0.507 e. The summed E-state index contributed by atoms with van der Waals surface area (Å²) in [6.45, 7) is 12.2. The van der Waals surface area contributed by atoms with Gasteiger partial charge in [0, 0.05) is 94.0 Å². The van der Waals surface area contributed by atoms with E-state index >= 15 is 0 Å². The second-order valence-electron chi connectivity index (χ2n) is 17.5. The van der Waals surface area contributed by atoms with Crippen molar-refractivity contribution >= 4 is 47.0 Å². The third-order valence-electron chi connectivity index (χ3n) is 11.8. The molecule has 0 spiro atoms. The number of aryl methyl sites for hydroxylation is 6. The summed E-state index contributed by atoms with van der Waals surface area (Å²) in [7, 11) is 0. The van der Waals surface area contributed by atoms with Crippen LogP contribution < -0.4 is 0 Å². The van der Waals surface area contributed by atoms with E-state index in [1.807, 2.05) is 114 Å². The molecule has 0 radical (unpaired) electrons. The zero-order valence-corrected chi connectivity index (χ0v) is 41.0. The van der Waals surface area contributed by atoms with Gasteiger partial charge in [0.05, 0.1) is 0 Å². The van der Waals surface area contributed by atoms with Gasteiger partial charge in [0.25, 0.3) is 0 Å². The lowest BCUT2D eigenvalue weighted by Crippen LogP contribution is -2.00. The van der Waals surface area contributed by atoms with Gasteiger partial charge in [0.15, 0.2) is 0 Å². The molecule has 0 unspecified atom stereocenters. The van der Waals surface area contributed by atoms with Crippen LogP contribution in [0.15, 0.2) is 72.8 Å². The highest BCUT2D eigenvalue weighted by atomic mass is 32.2. The van der Waals surface area contributed by atoms with Crippen LogP contribution in [0.2, 0.25) is 0 Å². The number of hydrogen-bond acceptors (Lipinski definition) is 10. The molecule has 6 aromatic rings. The van der Waals surface area contributed by atoms with E-state index in [1.54, 1.807) is 47.0 Å². The van der Waals surface area contributed by atoms with E-state index in [9.17, 15) is 30.6 Å².